The summed E-state index contributed by atoms with van der Waals surface area (Å²) in [6.07, 6.45) is 3.59. The van der Waals surface area contributed by atoms with Crippen molar-refractivity contribution in [1.29, 1.82) is 0 Å². The van der Waals surface area contributed by atoms with E-state index in [0.29, 0.717) is 5.92 Å². The van der Waals surface area contributed by atoms with Crippen LogP contribution in [0.4, 0.5) is 0 Å². The van der Waals surface area contributed by atoms with Crippen LogP contribution in [-0.2, 0) is 4.74 Å². The zero-order valence-corrected chi connectivity index (χ0v) is 11.1. The number of hydrogen-bond donors (Lipinski definition) is 2. The minimum absolute atomic E-state index is 0.0664. The molecule has 2 atom stereocenters. The van der Waals surface area contributed by atoms with Crippen molar-refractivity contribution in [3.05, 3.63) is 0 Å². The maximum Gasteiger partial charge on any atom is 0.0779 e. The first-order valence-corrected chi connectivity index (χ1v) is 6.60. The Balaban J connectivity index is 2.17. The Morgan fingerprint density at radius 1 is 1.44 bits per heavy atom. The summed E-state index contributed by atoms with van der Waals surface area (Å²) in [6.45, 7) is 10.4. The van der Waals surface area contributed by atoms with Crippen LogP contribution >= 0.6 is 0 Å². The predicted octanol–water partition coefficient (Wildman–Crippen LogP) is 1.77. The van der Waals surface area contributed by atoms with E-state index in [1.165, 1.54) is 19.3 Å². The summed E-state index contributed by atoms with van der Waals surface area (Å²) in [6, 6.07) is 0. The molecule has 0 aromatic heterocycles. The summed E-state index contributed by atoms with van der Waals surface area (Å²) < 4.78 is 5.74. The lowest BCUT2D eigenvalue weighted by atomic mass is 9.96. The normalized spacial score (nSPS) is 27.6. The highest BCUT2D eigenvalue weighted by molar-refractivity contribution is 4.82. The van der Waals surface area contributed by atoms with E-state index in [0.717, 1.165) is 32.2 Å². The van der Waals surface area contributed by atoms with Crippen LogP contribution in [0.25, 0.3) is 0 Å². The van der Waals surface area contributed by atoms with Gasteiger partial charge in [0, 0.05) is 13.2 Å². The maximum atomic E-state index is 5.78. The summed E-state index contributed by atoms with van der Waals surface area (Å²) >= 11 is 0. The Morgan fingerprint density at radius 2 is 2.19 bits per heavy atom. The summed E-state index contributed by atoms with van der Waals surface area (Å²) in [4.78, 5) is 0. The molecule has 1 aliphatic heterocycles. The SMILES string of the molecule is CC(C)CC(CN)CNCC1(C)CCCO1. The minimum atomic E-state index is 0.0664. The predicted molar refractivity (Wildman–Crippen MR) is 68.5 cm³/mol. The minimum Gasteiger partial charge on any atom is -0.374 e. The van der Waals surface area contributed by atoms with Crippen molar-refractivity contribution in [3.63, 3.8) is 0 Å². The van der Waals surface area contributed by atoms with Crippen LogP contribution in [0.2, 0.25) is 0 Å². The molecule has 1 rings (SSSR count). The Morgan fingerprint density at radius 3 is 2.69 bits per heavy atom. The molecule has 0 amide bonds. The zero-order valence-electron chi connectivity index (χ0n) is 11.1. The molecule has 3 nitrogen and oxygen atoms in total. The molecule has 0 aliphatic carbocycles. The van der Waals surface area contributed by atoms with E-state index >= 15 is 0 Å². The molecular formula is C13H28N2O. The first-order chi connectivity index (χ1) is 7.56. The number of rotatable bonds is 7. The molecule has 1 aliphatic rings. The molecule has 0 aromatic carbocycles. The average Bonchev–Trinajstić information content (AvgIpc) is 2.63. The highest BCUT2D eigenvalue weighted by Gasteiger charge is 2.29. The van der Waals surface area contributed by atoms with Gasteiger partial charge < -0.3 is 15.8 Å². The van der Waals surface area contributed by atoms with Gasteiger partial charge in [-0.3, -0.25) is 0 Å². The summed E-state index contributed by atoms with van der Waals surface area (Å²) in [7, 11) is 0. The zero-order chi connectivity index (χ0) is 12.0. The van der Waals surface area contributed by atoms with Gasteiger partial charge in [-0.2, -0.15) is 0 Å². The lowest BCUT2D eigenvalue weighted by Crippen LogP contribution is -2.40. The van der Waals surface area contributed by atoms with Crippen molar-refractivity contribution >= 4 is 0 Å². The van der Waals surface area contributed by atoms with Crippen molar-refractivity contribution in [1.82, 2.24) is 5.32 Å². The number of nitrogens with one attached hydrogen (secondary N) is 1. The van der Waals surface area contributed by atoms with Crippen molar-refractivity contribution in [3.8, 4) is 0 Å². The molecule has 0 aromatic rings. The fraction of sp³-hybridized carbons (Fsp3) is 1.00. The lowest BCUT2D eigenvalue weighted by molar-refractivity contribution is 0.0202. The molecule has 96 valence electrons. The van der Waals surface area contributed by atoms with Crippen molar-refractivity contribution < 1.29 is 4.74 Å². The van der Waals surface area contributed by atoms with Gasteiger partial charge in [-0.1, -0.05) is 13.8 Å². The van der Waals surface area contributed by atoms with Gasteiger partial charge in [-0.05, 0) is 51.1 Å². The molecule has 0 spiro atoms. The van der Waals surface area contributed by atoms with E-state index in [-0.39, 0.29) is 5.60 Å². The van der Waals surface area contributed by atoms with Crippen LogP contribution in [0.1, 0.15) is 40.0 Å². The van der Waals surface area contributed by atoms with Crippen LogP contribution in [-0.4, -0.2) is 31.8 Å². The van der Waals surface area contributed by atoms with Gasteiger partial charge >= 0.3 is 0 Å². The first-order valence-electron chi connectivity index (χ1n) is 6.60. The maximum absolute atomic E-state index is 5.78. The monoisotopic (exact) mass is 228 g/mol. The standard InChI is InChI=1S/C13H28N2O/c1-11(2)7-12(8-14)9-15-10-13(3)5-4-6-16-13/h11-12,15H,4-10,14H2,1-3H3. The summed E-state index contributed by atoms with van der Waals surface area (Å²) in [5, 5.41) is 3.52. The van der Waals surface area contributed by atoms with Crippen LogP contribution < -0.4 is 11.1 Å². The molecule has 1 saturated heterocycles. The molecule has 0 bridgehead atoms. The molecule has 2 unspecified atom stereocenters. The quantitative estimate of drug-likeness (QED) is 0.698. The summed E-state index contributed by atoms with van der Waals surface area (Å²) in [5.41, 5.74) is 5.84. The van der Waals surface area contributed by atoms with E-state index in [1.807, 2.05) is 0 Å². The number of hydrogen-bond acceptors (Lipinski definition) is 3. The largest absolute Gasteiger partial charge is 0.374 e. The average molecular weight is 228 g/mol. The second kappa shape index (κ2) is 6.58. The van der Waals surface area contributed by atoms with Gasteiger partial charge in [0.15, 0.2) is 0 Å². The molecule has 16 heavy (non-hydrogen) atoms. The molecule has 0 saturated carbocycles. The molecule has 3 N–H and O–H groups in total. The third-order valence-electron chi connectivity index (χ3n) is 3.37. The number of nitrogens with two attached hydrogens (primary N) is 1. The van der Waals surface area contributed by atoms with Gasteiger partial charge in [0.1, 0.15) is 0 Å². The second-order valence-corrected chi connectivity index (χ2v) is 5.76. The third-order valence-corrected chi connectivity index (χ3v) is 3.37. The third kappa shape index (κ3) is 4.81. The van der Waals surface area contributed by atoms with E-state index in [9.17, 15) is 0 Å². The Hall–Kier alpha value is -0.120. The molecule has 1 fully saturated rings. The van der Waals surface area contributed by atoms with E-state index in [1.54, 1.807) is 0 Å². The van der Waals surface area contributed by atoms with Gasteiger partial charge in [0.25, 0.3) is 0 Å². The smallest absolute Gasteiger partial charge is 0.0779 e. The van der Waals surface area contributed by atoms with Crippen LogP contribution in [0.15, 0.2) is 0 Å². The molecular weight excluding hydrogens is 200 g/mol. The second-order valence-electron chi connectivity index (χ2n) is 5.76. The number of ether oxygens (including phenoxy) is 1. The fourth-order valence-electron chi connectivity index (χ4n) is 2.45. The van der Waals surface area contributed by atoms with Gasteiger partial charge in [-0.15, -0.1) is 0 Å². The first kappa shape index (κ1) is 13.9. The Bertz CT molecular complexity index is 188. The highest BCUT2D eigenvalue weighted by atomic mass is 16.5. The Kier molecular flexibility index (Phi) is 5.73. The van der Waals surface area contributed by atoms with Gasteiger partial charge in [0.05, 0.1) is 5.60 Å². The lowest BCUT2D eigenvalue weighted by Gasteiger charge is -2.25. The van der Waals surface area contributed by atoms with E-state index in [4.69, 9.17) is 10.5 Å². The van der Waals surface area contributed by atoms with Crippen molar-refractivity contribution in [2.24, 2.45) is 17.6 Å². The van der Waals surface area contributed by atoms with E-state index in [2.05, 4.69) is 26.1 Å². The van der Waals surface area contributed by atoms with Crippen molar-refractivity contribution in [2.45, 2.75) is 45.6 Å². The topological polar surface area (TPSA) is 47.3 Å². The van der Waals surface area contributed by atoms with Gasteiger partial charge in [-0.25, -0.2) is 0 Å². The van der Waals surface area contributed by atoms with E-state index < -0.39 is 0 Å². The van der Waals surface area contributed by atoms with Crippen LogP contribution in [0.3, 0.4) is 0 Å². The molecule has 1 heterocycles. The molecule has 0 radical (unpaired) electrons. The summed E-state index contributed by atoms with van der Waals surface area (Å²) in [5.74, 6) is 1.33. The Labute approximate surface area is 100 Å². The van der Waals surface area contributed by atoms with Crippen molar-refractivity contribution in [2.75, 3.05) is 26.2 Å². The molecule has 3 heteroatoms. The van der Waals surface area contributed by atoms with Gasteiger partial charge in [0.2, 0.25) is 0 Å². The van der Waals surface area contributed by atoms with Crippen LogP contribution in [0, 0.1) is 11.8 Å². The van der Waals surface area contributed by atoms with Crippen LogP contribution in [0.5, 0.6) is 0 Å². The fourth-order valence-corrected chi connectivity index (χ4v) is 2.45. The highest BCUT2D eigenvalue weighted by Crippen LogP contribution is 2.24.